The predicted molar refractivity (Wildman–Crippen MR) is 56.2 cm³/mol. The van der Waals surface area contributed by atoms with Crippen LogP contribution in [-0.4, -0.2) is 59.7 Å². The number of rotatable bonds is 9. The molecule has 0 nitrogen and oxygen atoms in total. The number of alkyl halides is 20. The van der Waals surface area contributed by atoms with Gasteiger partial charge in [0.1, 0.15) is 0 Å². The van der Waals surface area contributed by atoms with Gasteiger partial charge in [0.25, 0.3) is 0 Å². The quantitative estimate of drug-likeness (QED) is 0.290. The molecule has 0 N–H and O–H groups in total. The van der Waals surface area contributed by atoms with Crippen LogP contribution in [0.1, 0.15) is 6.92 Å². The molecule has 0 aliphatic heterocycles. The molecule has 0 unspecified atom stereocenters. The lowest BCUT2D eigenvalue weighted by molar-refractivity contribution is -0.464. The maximum atomic E-state index is 13.2. The first-order valence-electron chi connectivity index (χ1n) is 6.63. The summed E-state index contributed by atoms with van der Waals surface area (Å²) in [4.78, 5) is 0. The Hall–Kier alpha value is -1.40. The predicted octanol–water partition coefficient (Wildman–Crippen LogP) is 6.99. The molecule has 0 saturated heterocycles. The van der Waals surface area contributed by atoms with Crippen LogP contribution in [0.25, 0.3) is 0 Å². The molecule has 0 saturated carbocycles. The third-order valence-electron chi connectivity index (χ3n) is 3.61. The number of hydrogen-bond donors (Lipinski definition) is 0. The Morgan fingerprint density at radius 1 is 0.355 bits per heavy atom. The van der Waals surface area contributed by atoms with Crippen molar-refractivity contribution < 1.29 is 87.8 Å². The van der Waals surface area contributed by atoms with Crippen LogP contribution in [0.5, 0.6) is 0 Å². The SMILES string of the molecule is CC(F)(F)C(F)(F)C(F)(F)C(F)(F)C(F)(F)C(F)(F)C(F)(F)C(F)(F)C(F)(F)C(F)F. The highest BCUT2D eigenvalue weighted by molar-refractivity contribution is 5.17. The number of hydrogen-bond acceptors (Lipinski definition) is 0. The van der Waals surface area contributed by atoms with Crippen LogP contribution in [0.3, 0.4) is 0 Å². The molecule has 0 aromatic heterocycles. The fraction of sp³-hybridized carbons (Fsp3) is 1.00. The average molecular weight is 516 g/mol. The van der Waals surface area contributed by atoms with E-state index in [1.807, 2.05) is 0 Å². The van der Waals surface area contributed by atoms with Gasteiger partial charge in [-0.2, -0.15) is 79.0 Å². The first-order chi connectivity index (χ1) is 12.9. The molecule has 0 rings (SSSR count). The summed E-state index contributed by atoms with van der Waals surface area (Å²) in [6.07, 6.45) is -6.07. The molecule has 0 aliphatic rings. The van der Waals surface area contributed by atoms with Gasteiger partial charge in [0.15, 0.2) is 0 Å². The zero-order valence-electron chi connectivity index (χ0n) is 13.6. The highest BCUT2D eigenvalue weighted by atomic mass is 19.4. The summed E-state index contributed by atoms with van der Waals surface area (Å²) in [5, 5.41) is 0. The van der Waals surface area contributed by atoms with Gasteiger partial charge >= 0.3 is 59.7 Å². The highest BCUT2D eigenvalue weighted by Crippen LogP contribution is 2.65. The van der Waals surface area contributed by atoms with E-state index < -0.39 is 66.7 Å². The Morgan fingerprint density at radius 2 is 0.548 bits per heavy atom. The maximum Gasteiger partial charge on any atom is 0.385 e. The summed E-state index contributed by atoms with van der Waals surface area (Å²) < 4.78 is 256. The minimum absolute atomic E-state index is 1.36. The van der Waals surface area contributed by atoms with Crippen molar-refractivity contribution in [3.8, 4) is 0 Å². The van der Waals surface area contributed by atoms with Crippen LogP contribution in [0.4, 0.5) is 87.8 Å². The van der Waals surface area contributed by atoms with Crippen LogP contribution >= 0.6 is 0 Å². The smallest absolute Gasteiger partial charge is 0.203 e. The van der Waals surface area contributed by atoms with E-state index in [1.54, 1.807) is 0 Å². The van der Waals surface area contributed by atoms with Gasteiger partial charge in [-0.3, -0.25) is 0 Å². The van der Waals surface area contributed by atoms with Gasteiger partial charge in [-0.1, -0.05) is 0 Å². The third-order valence-corrected chi connectivity index (χ3v) is 3.61. The zero-order valence-corrected chi connectivity index (χ0v) is 13.6. The molecule has 31 heavy (non-hydrogen) atoms. The molecule has 0 bridgehead atoms. The van der Waals surface area contributed by atoms with Crippen molar-refractivity contribution in [1.29, 1.82) is 0 Å². The second-order valence-electron chi connectivity index (χ2n) is 5.83. The lowest BCUT2D eigenvalue weighted by atomic mass is 9.86. The van der Waals surface area contributed by atoms with E-state index in [1.165, 1.54) is 0 Å². The summed E-state index contributed by atoms with van der Waals surface area (Å²) in [5.41, 5.74) is 0. The lowest BCUT2D eigenvalue weighted by Crippen LogP contribution is -2.76. The third kappa shape index (κ3) is 3.45. The van der Waals surface area contributed by atoms with Gasteiger partial charge in [-0.05, 0) is 0 Å². The van der Waals surface area contributed by atoms with Crippen molar-refractivity contribution in [3.05, 3.63) is 0 Å². The Labute approximate surface area is 156 Å². The normalized spacial score (nSPS) is 16.8. The van der Waals surface area contributed by atoms with Crippen molar-refractivity contribution in [3.63, 3.8) is 0 Å². The van der Waals surface area contributed by atoms with Crippen molar-refractivity contribution in [2.75, 3.05) is 0 Å². The van der Waals surface area contributed by atoms with E-state index in [0.717, 1.165) is 0 Å². The van der Waals surface area contributed by atoms with Crippen LogP contribution in [0.15, 0.2) is 0 Å². The van der Waals surface area contributed by atoms with Crippen LogP contribution in [0.2, 0.25) is 0 Å². The molecule has 188 valence electrons. The van der Waals surface area contributed by atoms with Crippen LogP contribution in [0, 0.1) is 0 Å². The second kappa shape index (κ2) is 7.05. The number of halogens is 20. The van der Waals surface area contributed by atoms with Crippen LogP contribution in [-0.2, 0) is 0 Å². The molecular weight excluding hydrogens is 512 g/mol. The molecular formula is C11H4F20. The fourth-order valence-corrected chi connectivity index (χ4v) is 1.61. The average Bonchev–Trinajstić information content (AvgIpc) is 2.52. The summed E-state index contributed by atoms with van der Waals surface area (Å²) in [6, 6.07) is 0. The molecule has 0 amide bonds. The van der Waals surface area contributed by atoms with Crippen molar-refractivity contribution in [2.45, 2.75) is 66.7 Å². The summed E-state index contributed by atoms with van der Waals surface area (Å²) >= 11 is 0. The van der Waals surface area contributed by atoms with E-state index in [9.17, 15) is 87.8 Å². The standard InChI is InChI=1S/C11H4F20/c1-3(14,15)5(18,19)7(22,23)9(26,27)11(30,31)10(28,29)8(24,25)6(20,21)4(16,17)2(12)13/h2H,1H3. The van der Waals surface area contributed by atoms with Crippen molar-refractivity contribution in [2.24, 2.45) is 0 Å². The molecule has 0 heterocycles. The Balaban J connectivity index is 6.91. The fourth-order valence-electron chi connectivity index (χ4n) is 1.61. The molecule has 0 radical (unpaired) electrons. The minimum Gasteiger partial charge on any atom is -0.203 e. The van der Waals surface area contributed by atoms with Gasteiger partial charge < -0.3 is 0 Å². The lowest BCUT2D eigenvalue weighted by Gasteiger charge is -2.44. The van der Waals surface area contributed by atoms with Crippen LogP contribution < -0.4 is 0 Å². The monoisotopic (exact) mass is 516 g/mol. The highest BCUT2D eigenvalue weighted by Gasteiger charge is 2.96. The molecule has 0 aromatic carbocycles. The van der Waals surface area contributed by atoms with E-state index >= 15 is 0 Å². The molecule has 0 fully saturated rings. The van der Waals surface area contributed by atoms with E-state index in [2.05, 4.69) is 0 Å². The Bertz CT molecular complexity index is 651. The first-order valence-corrected chi connectivity index (χ1v) is 6.63. The van der Waals surface area contributed by atoms with Gasteiger partial charge in [0, 0.05) is 6.92 Å². The molecule has 0 aromatic rings. The van der Waals surface area contributed by atoms with Gasteiger partial charge in [-0.15, -0.1) is 0 Å². The topological polar surface area (TPSA) is 0 Å². The van der Waals surface area contributed by atoms with Gasteiger partial charge in [0.05, 0.1) is 0 Å². The van der Waals surface area contributed by atoms with E-state index in [0.29, 0.717) is 0 Å². The van der Waals surface area contributed by atoms with E-state index in [-0.39, 0.29) is 0 Å². The molecule has 0 spiro atoms. The molecule has 0 atom stereocenters. The minimum atomic E-state index is -8.94. The Morgan fingerprint density at radius 3 is 0.742 bits per heavy atom. The van der Waals surface area contributed by atoms with E-state index in [4.69, 9.17) is 0 Å². The summed E-state index contributed by atoms with van der Waals surface area (Å²) in [6.45, 7) is -1.36. The Kier molecular flexibility index (Phi) is 6.73. The summed E-state index contributed by atoms with van der Waals surface area (Å²) in [5.74, 6) is -74.2. The first kappa shape index (κ1) is 29.6. The summed E-state index contributed by atoms with van der Waals surface area (Å²) in [7, 11) is 0. The van der Waals surface area contributed by atoms with Gasteiger partial charge in [-0.25, -0.2) is 8.78 Å². The van der Waals surface area contributed by atoms with Crippen molar-refractivity contribution in [1.82, 2.24) is 0 Å². The van der Waals surface area contributed by atoms with Crippen molar-refractivity contribution >= 4 is 0 Å². The second-order valence-corrected chi connectivity index (χ2v) is 5.83. The molecule has 0 aliphatic carbocycles. The molecule has 20 heteroatoms. The largest absolute Gasteiger partial charge is 0.385 e. The maximum absolute atomic E-state index is 13.2. The zero-order chi connectivity index (χ0) is 26.1. The van der Waals surface area contributed by atoms with Gasteiger partial charge in [0.2, 0.25) is 0 Å².